The summed E-state index contributed by atoms with van der Waals surface area (Å²) in [4.78, 5) is 25.9. The number of fused-ring (bicyclic) bond motifs is 3. The molecule has 0 bridgehead atoms. The number of carbonyl (C=O) groups excluding carboxylic acids is 2. The van der Waals surface area contributed by atoms with E-state index < -0.39 is 11.9 Å². The number of para-hydroxylation sites is 1. The molecule has 2 aliphatic rings. The second kappa shape index (κ2) is 9.42. The molecule has 0 saturated carbocycles. The third-order valence-corrected chi connectivity index (χ3v) is 6.40. The van der Waals surface area contributed by atoms with Crippen LogP contribution in [0.15, 0.2) is 48.2 Å². The van der Waals surface area contributed by atoms with E-state index in [4.69, 9.17) is 28.4 Å². The summed E-state index contributed by atoms with van der Waals surface area (Å²) < 4.78 is 33.1. The molecule has 2 aliphatic heterocycles. The van der Waals surface area contributed by atoms with Gasteiger partial charge in [-0.15, -0.1) is 0 Å². The number of Topliss-reactive ketones (excluding diaryl/α,β-unsaturated/α-hetero) is 1. The number of phenols is 1. The maximum atomic E-state index is 13.3. The molecule has 0 aliphatic carbocycles. The Labute approximate surface area is 212 Å². The Morgan fingerprint density at radius 3 is 2.24 bits per heavy atom. The summed E-state index contributed by atoms with van der Waals surface area (Å²) >= 11 is 0. The first kappa shape index (κ1) is 24.1. The highest BCUT2D eigenvalue weighted by atomic mass is 16.5. The quantitative estimate of drug-likeness (QED) is 0.295. The van der Waals surface area contributed by atoms with E-state index >= 15 is 0 Å². The minimum absolute atomic E-state index is 0.0131. The van der Waals surface area contributed by atoms with Gasteiger partial charge < -0.3 is 33.5 Å². The smallest absolute Gasteiger partial charge is 0.312 e. The third-order valence-electron chi connectivity index (χ3n) is 6.40. The van der Waals surface area contributed by atoms with Crippen molar-refractivity contribution in [1.82, 2.24) is 0 Å². The van der Waals surface area contributed by atoms with Crippen LogP contribution in [0.4, 0.5) is 0 Å². The van der Waals surface area contributed by atoms with Crippen molar-refractivity contribution in [2.45, 2.75) is 12.3 Å². The van der Waals surface area contributed by atoms with E-state index in [-0.39, 0.29) is 35.2 Å². The van der Waals surface area contributed by atoms with Crippen LogP contribution in [-0.2, 0) is 4.79 Å². The average Bonchev–Trinajstić information content (AvgIpc) is 3.22. The summed E-state index contributed by atoms with van der Waals surface area (Å²) in [5.74, 6) is 0.563. The summed E-state index contributed by atoms with van der Waals surface area (Å²) in [7, 11) is 5.89. The molecule has 0 aromatic heterocycles. The Balaban J connectivity index is 1.63. The molecule has 0 unspecified atom stereocenters. The van der Waals surface area contributed by atoms with Gasteiger partial charge in [-0.05, 0) is 42.0 Å². The van der Waals surface area contributed by atoms with E-state index in [9.17, 15) is 14.7 Å². The van der Waals surface area contributed by atoms with E-state index in [1.807, 2.05) is 0 Å². The first-order valence-electron chi connectivity index (χ1n) is 11.4. The molecule has 1 N–H and O–H groups in total. The third kappa shape index (κ3) is 3.98. The molecule has 0 amide bonds. The Morgan fingerprint density at radius 2 is 1.59 bits per heavy atom. The van der Waals surface area contributed by atoms with Gasteiger partial charge in [-0.3, -0.25) is 9.59 Å². The number of aromatic hydroxyl groups is 1. The van der Waals surface area contributed by atoms with Crippen LogP contribution in [0.1, 0.15) is 39.4 Å². The maximum absolute atomic E-state index is 13.3. The van der Waals surface area contributed by atoms with Crippen LogP contribution in [0.5, 0.6) is 40.2 Å². The number of esters is 1. The van der Waals surface area contributed by atoms with E-state index in [2.05, 4.69) is 0 Å². The Hall–Kier alpha value is -4.66. The zero-order chi connectivity index (χ0) is 26.3. The highest BCUT2D eigenvalue weighted by Crippen LogP contribution is 2.51. The van der Waals surface area contributed by atoms with Gasteiger partial charge in [0.1, 0.15) is 11.5 Å². The number of ketones is 1. The van der Waals surface area contributed by atoms with Crippen LogP contribution in [0.3, 0.4) is 0 Å². The lowest BCUT2D eigenvalue weighted by Crippen LogP contribution is -2.21. The number of benzene rings is 3. The number of hydrogen-bond donors (Lipinski definition) is 1. The van der Waals surface area contributed by atoms with E-state index in [1.54, 1.807) is 48.5 Å². The normalized spacial score (nSPS) is 17.0. The fraction of sp³-hybridized carbons (Fsp3) is 0.214. The Morgan fingerprint density at radius 1 is 0.892 bits per heavy atom. The summed E-state index contributed by atoms with van der Waals surface area (Å²) in [6.45, 7) is 0. The molecule has 3 aromatic carbocycles. The molecule has 0 radical (unpaired) electrons. The molecule has 9 heteroatoms. The van der Waals surface area contributed by atoms with Gasteiger partial charge in [-0.25, -0.2) is 0 Å². The van der Waals surface area contributed by atoms with Crippen molar-refractivity contribution in [1.29, 1.82) is 0 Å². The lowest BCUT2D eigenvalue weighted by Gasteiger charge is -2.27. The second-order valence-corrected chi connectivity index (χ2v) is 8.38. The van der Waals surface area contributed by atoms with E-state index in [1.165, 1.54) is 28.4 Å². The van der Waals surface area contributed by atoms with Crippen molar-refractivity contribution in [2.24, 2.45) is 0 Å². The molecular formula is C28H24O9. The van der Waals surface area contributed by atoms with Crippen molar-refractivity contribution in [3.63, 3.8) is 0 Å². The lowest BCUT2D eigenvalue weighted by atomic mass is 9.84. The number of allylic oxidation sites excluding steroid dienone is 1. The number of hydrogen-bond acceptors (Lipinski definition) is 9. The van der Waals surface area contributed by atoms with Crippen LogP contribution in [0.2, 0.25) is 0 Å². The van der Waals surface area contributed by atoms with Crippen molar-refractivity contribution in [3.8, 4) is 40.2 Å². The minimum Gasteiger partial charge on any atom is -0.502 e. The van der Waals surface area contributed by atoms with Gasteiger partial charge in [0, 0.05) is 17.0 Å². The molecule has 0 fully saturated rings. The molecule has 0 saturated heterocycles. The van der Waals surface area contributed by atoms with Gasteiger partial charge in [0.15, 0.2) is 28.8 Å². The fourth-order valence-electron chi connectivity index (χ4n) is 4.67. The highest BCUT2D eigenvalue weighted by Gasteiger charge is 2.39. The molecule has 9 nitrogen and oxygen atoms in total. The van der Waals surface area contributed by atoms with Gasteiger partial charge in [0.2, 0.25) is 11.5 Å². The predicted molar refractivity (Wildman–Crippen MR) is 132 cm³/mol. The van der Waals surface area contributed by atoms with Crippen LogP contribution >= 0.6 is 0 Å². The molecule has 3 aromatic rings. The minimum atomic E-state index is -0.548. The van der Waals surface area contributed by atoms with Crippen molar-refractivity contribution < 1.29 is 43.1 Å². The number of phenolic OH excluding ortho intramolecular Hbond substituents is 1. The summed E-state index contributed by atoms with van der Waals surface area (Å²) in [5.41, 5.74) is 2.11. The Bertz CT molecular complexity index is 1430. The number of methoxy groups -OCH3 is 4. The molecule has 0 spiro atoms. The lowest BCUT2D eigenvalue weighted by molar-refractivity contribution is -0.135. The fourth-order valence-corrected chi connectivity index (χ4v) is 4.67. The molecule has 2 heterocycles. The van der Waals surface area contributed by atoms with E-state index in [0.717, 1.165) is 0 Å². The van der Waals surface area contributed by atoms with Crippen LogP contribution in [0.25, 0.3) is 6.08 Å². The van der Waals surface area contributed by atoms with Gasteiger partial charge in [0.05, 0.1) is 40.4 Å². The Kier molecular flexibility index (Phi) is 6.12. The number of carbonyl (C=O) groups is 2. The predicted octanol–water partition coefficient (Wildman–Crippen LogP) is 4.48. The molecule has 190 valence electrons. The highest BCUT2D eigenvalue weighted by molar-refractivity contribution is 6.15. The van der Waals surface area contributed by atoms with Crippen LogP contribution < -0.4 is 28.4 Å². The maximum Gasteiger partial charge on any atom is 0.312 e. The SMILES string of the molecule is COc1cc([C@H]2CC(=O)Oc3ccc4c(c32)O/C(=C\c2cccc(OC)c2OC)C4=O)cc(OC)c1O. The molecule has 37 heavy (non-hydrogen) atoms. The summed E-state index contributed by atoms with van der Waals surface area (Å²) in [5, 5.41) is 10.4. The van der Waals surface area contributed by atoms with Crippen LogP contribution in [0, 0.1) is 0 Å². The van der Waals surface area contributed by atoms with Gasteiger partial charge in [-0.2, -0.15) is 0 Å². The molecule has 5 rings (SSSR count). The van der Waals surface area contributed by atoms with Gasteiger partial charge in [-0.1, -0.05) is 12.1 Å². The second-order valence-electron chi connectivity index (χ2n) is 8.38. The first-order chi connectivity index (χ1) is 17.9. The summed E-state index contributed by atoms with van der Waals surface area (Å²) in [6.07, 6.45) is 1.58. The molecular weight excluding hydrogens is 480 g/mol. The average molecular weight is 504 g/mol. The number of rotatable bonds is 6. The van der Waals surface area contributed by atoms with Gasteiger partial charge >= 0.3 is 5.97 Å². The van der Waals surface area contributed by atoms with Crippen molar-refractivity contribution in [3.05, 3.63) is 70.5 Å². The van der Waals surface area contributed by atoms with E-state index in [0.29, 0.717) is 45.3 Å². The van der Waals surface area contributed by atoms with Crippen molar-refractivity contribution in [2.75, 3.05) is 28.4 Å². The van der Waals surface area contributed by atoms with Gasteiger partial charge in [0.25, 0.3) is 0 Å². The van der Waals surface area contributed by atoms with Crippen LogP contribution in [-0.4, -0.2) is 45.3 Å². The molecule has 1 atom stereocenters. The standard InChI is InChI=1S/C28H24O9/c1-32-19-7-5-6-14(27(19)35-4)10-22-25(30)16-8-9-18-24(28(16)37-22)17(13-23(29)36-18)15-11-20(33-2)26(31)21(12-15)34-3/h5-12,17,31H,13H2,1-4H3/b22-10-/t17-/m1/s1. The zero-order valence-corrected chi connectivity index (χ0v) is 20.6. The van der Waals surface area contributed by atoms with Crippen molar-refractivity contribution >= 4 is 17.8 Å². The topological polar surface area (TPSA) is 110 Å². The first-order valence-corrected chi connectivity index (χ1v) is 11.4. The monoisotopic (exact) mass is 504 g/mol. The largest absolute Gasteiger partial charge is 0.502 e. The number of ether oxygens (including phenoxy) is 6. The summed E-state index contributed by atoms with van der Waals surface area (Å²) in [6, 6.07) is 11.7. The zero-order valence-electron chi connectivity index (χ0n) is 20.6.